The van der Waals surface area contributed by atoms with Crippen LogP contribution in [-0.2, 0) is 14.3 Å². The summed E-state index contributed by atoms with van der Waals surface area (Å²) in [5, 5.41) is 5.96. The van der Waals surface area contributed by atoms with Gasteiger partial charge in [-0.2, -0.15) is 0 Å². The third-order valence-corrected chi connectivity index (χ3v) is 6.85. The Kier molecular flexibility index (Phi) is 7.15. The second-order valence-corrected chi connectivity index (χ2v) is 9.49. The normalized spacial score (nSPS) is 20.4. The second kappa shape index (κ2) is 10.6. The summed E-state index contributed by atoms with van der Waals surface area (Å²) in [6.07, 6.45) is 7.07. The van der Waals surface area contributed by atoms with Gasteiger partial charge in [0, 0.05) is 24.9 Å². The van der Waals surface area contributed by atoms with E-state index in [1.807, 2.05) is 4.90 Å². The molecule has 36 heavy (non-hydrogen) atoms. The number of carbonyl (C=O) groups excluding carboxylic acids is 3. The second-order valence-electron chi connectivity index (χ2n) is 9.05. The number of nitrogens with one attached hydrogen (secondary N) is 2. The Morgan fingerprint density at radius 2 is 1.94 bits per heavy atom. The van der Waals surface area contributed by atoms with Crippen LogP contribution in [0.15, 0.2) is 41.1 Å². The molecule has 0 aromatic carbocycles. The van der Waals surface area contributed by atoms with Crippen molar-refractivity contribution in [3.63, 3.8) is 0 Å². The van der Waals surface area contributed by atoms with Crippen molar-refractivity contribution in [2.24, 2.45) is 5.92 Å². The molecule has 10 nitrogen and oxygen atoms in total. The van der Waals surface area contributed by atoms with Crippen molar-refractivity contribution in [2.45, 2.75) is 44.6 Å². The van der Waals surface area contributed by atoms with E-state index < -0.39 is 5.91 Å². The maximum absolute atomic E-state index is 13.0. The number of furan rings is 1. The Hall–Kier alpha value is -3.50. The molecule has 0 unspecified atom stereocenters. The first-order valence-corrected chi connectivity index (χ1v) is 12.3. The fraction of sp³-hybridized carbons (Fsp3) is 0.400. The maximum Gasteiger partial charge on any atom is 0.294 e. The van der Waals surface area contributed by atoms with Crippen LogP contribution in [0.25, 0.3) is 11.1 Å². The quantitative estimate of drug-likeness (QED) is 0.507. The third kappa shape index (κ3) is 5.34. The zero-order chi connectivity index (χ0) is 25.1. The Morgan fingerprint density at radius 1 is 1.11 bits per heavy atom. The molecule has 3 aromatic rings. The number of nitrogens with zero attached hydrogens (tertiary/aromatic N) is 3. The predicted octanol–water partition coefficient (Wildman–Crippen LogP) is 4.22. The summed E-state index contributed by atoms with van der Waals surface area (Å²) in [6, 6.07) is 6.71. The molecule has 11 heteroatoms. The van der Waals surface area contributed by atoms with Crippen molar-refractivity contribution in [1.29, 1.82) is 0 Å². The SMILES string of the molecule is O=C(CC1CCC(N2COCCC2=O)CC1)Nc1c(C(=O)Nc2ccc(Cl)cn2)oc2cccnc12. The van der Waals surface area contributed by atoms with Crippen LogP contribution in [0.2, 0.25) is 5.02 Å². The van der Waals surface area contributed by atoms with E-state index in [0.717, 1.165) is 25.7 Å². The maximum atomic E-state index is 13.0. The van der Waals surface area contributed by atoms with Crippen LogP contribution in [0, 0.1) is 5.92 Å². The first kappa shape index (κ1) is 24.2. The Morgan fingerprint density at radius 3 is 2.69 bits per heavy atom. The number of anilines is 2. The van der Waals surface area contributed by atoms with Crippen molar-refractivity contribution in [2.75, 3.05) is 24.0 Å². The van der Waals surface area contributed by atoms with Crippen molar-refractivity contribution < 1.29 is 23.5 Å². The number of halogens is 1. The molecular formula is C25H26ClN5O5. The highest BCUT2D eigenvalue weighted by Gasteiger charge is 2.32. The average Bonchev–Trinajstić information content (AvgIpc) is 3.25. The first-order valence-electron chi connectivity index (χ1n) is 12.0. The molecule has 2 aliphatic rings. The molecule has 0 spiro atoms. The van der Waals surface area contributed by atoms with Gasteiger partial charge in [-0.3, -0.25) is 19.4 Å². The molecule has 4 heterocycles. The first-order chi connectivity index (χ1) is 17.5. The topological polar surface area (TPSA) is 127 Å². The zero-order valence-electron chi connectivity index (χ0n) is 19.5. The van der Waals surface area contributed by atoms with Gasteiger partial charge in [0.05, 0.1) is 18.1 Å². The number of hydrogen-bond donors (Lipinski definition) is 2. The van der Waals surface area contributed by atoms with E-state index in [2.05, 4.69) is 20.6 Å². The molecule has 0 atom stereocenters. The van der Waals surface area contributed by atoms with E-state index in [0.29, 0.717) is 48.1 Å². The zero-order valence-corrected chi connectivity index (χ0v) is 20.3. The molecule has 5 rings (SSSR count). The summed E-state index contributed by atoms with van der Waals surface area (Å²) in [4.78, 5) is 48.4. The summed E-state index contributed by atoms with van der Waals surface area (Å²) in [5.41, 5.74) is 1.01. The van der Waals surface area contributed by atoms with Crippen LogP contribution in [-0.4, -0.2) is 52.0 Å². The highest BCUT2D eigenvalue weighted by atomic mass is 35.5. The lowest BCUT2D eigenvalue weighted by atomic mass is 9.83. The third-order valence-electron chi connectivity index (χ3n) is 6.63. The van der Waals surface area contributed by atoms with E-state index in [9.17, 15) is 14.4 Å². The number of pyridine rings is 2. The highest BCUT2D eigenvalue weighted by molar-refractivity contribution is 6.30. The van der Waals surface area contributed by atoms with Gasteiger partial charge in [-0.05, 0) is 55.9 Å². The fourth-order valence-corrected chi connectivity index (χ4v) is 4.90. The fourth-order valence-electron chi connectivity index (χ4n) is 4.79. The van der Waals surface area contributed by atoms with Crippen LogP contribution in [0.3, 0.4) is 0 Å². The van der Waals surface area contributed by atoms with Gasteiger partial charge in [-0.1, -0.05) is 11.6 Å². The van der Waals surface area contributed by atoms with Crippen LogP contribution in [0.1, 0.15) is 49.1 Å². The van der Waals surface area contributed by atoms with Gasteiger partial charge in [0.1, 0.15) is 23.8 Å². The lowest BCUT2D eigenvalue weighted by Gasteiger charge is -2.38. The van der Waals surface area contributed by atoms with E-state index in [1.54, 1.807) is 30.5 Å². The Labute approximate surface area is 212 Å². The summed E-state index contributed by atoms with van der Waals surface area (Å²) in [6.45, 7) is 0.838. The van der Waals surface area contributed by atoms with E-state index in [-0.39, 0.29) is 35.2 Å². The van der Waals surface area contributed by atoms with E-state index >= 15 is 0 Å². The molecule has 1 aliphatic heterocycles. The van der Waals surface area contributed by atoms with Crippen molar-refractivity contribution in [3.05, 3.63) is 47.4 Å². The van der Waals surface area contributed by atoms with Crippen LogP contribution >= 0.6 is 11.6 Å². The van der Waals surface area contributed by atoms with Gasteiger partial charge < -0.3 is 24.7 Å². The van der Waals surface area contributed by atoms with Gasteiger partial charge >= 0.3 is 0 Å². The number of fused-ring (bicyclic) bond motifs is 1. The standard InChI is InChI=1S/C25H26ClN5O5/c26-16-5-8-19(28-13-16)29-25(34)24-23(22-18(36-24)2-1-10-27-22)30-20(32)12-15-3-6-17(7-4-15)31-14-35-11-9-21(31)33/h1-2,5,8,10,13,15,17H,3-4,6-7,9,11-12,14H2,(H,30,32)(H,28,29,34). The van der Waals surface area contributed by atoms with Crippen molar-refractivity contribution in [3.8, 4) is 0 Å². The minimum absolute atomic E-state index is 0.0545. The molecule has 188 valence electrons. The molecule has 2 fully saturated rings. The van der Waals surface area contributed by atoms with Crippen LogP contribution < -0.4 is 10.6 Å². The molecule has 1 saturated carbocycles. The van der Waals surface area contributed by atoms with Gasteiger partial charge in [0.15, 0.2) is 5.58 Å². The van der Waals surface area contributed by atoms with E-state index in [4.69, 9.17) is 20.8 Å². The number of amides is 3. The van der Waals surface area contributed by atoms with Crippen molar-refractivity contribution >= 4 is 51.9 Å². The summed E-state index contributed by atoms with van der Waals surface area (Å²) < 4.78 is 11.2. The molecule has 3 amide bonds. The Bertz CT molecular complexity index is 1270. The van der Waals surface area contributed by atoms with Gasteiger partial charge in [-0.15, -0.1) is 0 Å². The number of carbonyl (C=O) groups is 3. The summed E-state index contributed by atoms with van der Waals surface area (Å²) >= 11 is 5.86. The predicted molar refractivity (Wildman–Crippen MR) is 132 cm³/mol. The van der Waals surface area contributed by atoms with Gasteiger partial charge in [-0.25, -0.2) is 4.98 Å². The van der Waals surface area contributed by atoms with Gasteiger partial charge in [0.2, 0.25) is 17.6 Å². The number of aromatic nitrogens is 2. The Balaban J connectivity index is 1.25. The van der Waals surface area contributed by atoms with Crippen LogP contribution in [0.5, 0.6) is 0 Å². The molecule has 0 radical (unpaired) electrons. The largest absolute Gasteiger partial charge is 0.447 e. The minimum atomic E-state index is -0.563. The number of ether oxygens (including phenoxy) is 1. The summed E-state index contributed by atoms with van der Waals surface area (Å²) in [5.74, 6) is -0.217. The van der Waals surface area contributed by atoms with Gasteiger partial charge in [0.25, 0.3) is 5.91 Å². The summed E-state index contributed by atoms with van der Waals surface area (Å²) in [7, 11) is 0. The molecule has 1 aliphatic carbocycles. The van der Waals surface area contributed by atoms with Crippen molar-refractivity contribution in [1.82, 2.24) is 14.9 Å². The lowest BCUT2D eigenvalue weighted by Crippen LogP contribution is -2.46. The molecule has 3 aromatic heterocycles. The molecular weight excluding hydrogens is 486 g/mol. The molecule has 0 bridgehead atoms. The number of hydrogen-bond acceptors (Lipinski definition) is 7. The van der Waals surface area contributed by atoms with Crippen LogP contribution in [0.4, 0.5) is 11.5 Å². The molecule has 2 N–H and O–H groups in total. The van der Waals surface area contributed by atoms with E-state index in [1.165, 1.54) is 6.20 Å². The molecule has 1 saturated heterocycles. The monoisotopic (exact) mass is 511 g/mol. The number of rotatable bonds is 6. The average molecular weight is 512 g/mol. The highest BCUT2D eigenvalue weighted by Crippen LogP contribution is 2.33. The minimum Gasteiger partial charge on any atom is -0.447 e. The lowest BCUT2D eigenvalue weighted by molar-refractivity contribution is -0.151. The smallest absolute Gasteiger partial charge is 0.294 e.